The zero-order valence-electron chi connectivity index (χ0n) is 8.70. The summed E-state index contributed by atoms with van der Waals surface area (Å²) in [6, 6.07) is 6.59. The molecule has 1 heterocycles. The molecule has 2 N–H and O–H groups in total. The average molecular weight is 224 g/mol. The Bertz CT molecular complexity index is 381. The Morgan fingerprint density at radius 2 is 1.81 bits per heavy atom. The number of carbonyl (C=O) groups excluding carboxylic acids is 1. The maximum Gasteiger partial charge on any atom is 0.354 e. The number of fused-ring (bicyclic) bond motifs is 1. The van der Waals surface area contributed by atoms with Crippen molar-refractivity contribution < 1.29 is 19.9 Å². The molecule has 0 radical (unpaired) electrons. The molecule has 16 heavy (non-hydrogen) atoms. The minimum Gasteiger partial charge on any atom is -0.463 e. The first-order chi connectivity index (χ1) is 7.66. The minimum atomic E-state index is -1.24. The third-order valence-corrected chi connectivity index (χ3v) is 2.34. The van der Waals surface area contributed by atoms with Crippen molar-refractivity contribution in [2.45, 2.75) is 13.1 Å². The molecule has 1 aliphatic rings. The van der Waals surface area contributed by atoms with Crippen LogP contribution in [-0.4, -0.2) is 29.2 Å². The number of rotatable bonds is 2. The molecule has 0 aromatic heterocycles. The van der Waals surface area contributed by atoms with E-state index in [9.17, 15) is 15.2 Å². The molecule has 0 bridgehead atoms. The van der Waals surface area contributed by atoms with Gasteiger partial charge in [0, 0.05) is 0 Å². The number of hydrogen-bond acceptors (Lipinski definition) is 6. The highest BCUT2D eigenvalue weighted by Crippen LogP contribution is 2.37. The van der Waals surface area contributed by atoms with Crippen LogP contribution in [0.25, 0.3) is 0 Å². The van der Waals surface area contributed by atoms with Crippen LogP contribution in [0, 0.1) is 0 Å². The van der Waals surface area contributed by atoms with E-state index in [0.717, 1.165) is 0 Å². The van der Waals surface area contributed by atoms with Crippen LogP contribution >= 0.6 is 0 Å². The molecule has 2 rings (SSSR count). The Morgan fingerprint density at radius 3 is 2.25 bits per heavy atom. The smallest absolute Gasteiger partial charge is 0.354 e. The number of para-hydroxylation sites is 2. The Kier molecular flexibility index (Phi) is 2.67. The Morgan fingerprint density at radius 1 is 1.31 bits per heavy atom. The third kappa shape index (κ3) is 1.48. The molecule has 86 valence electrons. The highest BCUT2D eigenvalue weighted by Gasteiger charge is 2.41. The van der Waals surface area contributed by atoms with Crippen LogP contribution in [0.15, 0.2) is 24.3 Å². The molecule has 6 nitrogen and oxygen atoms in total. The van der Waals surface area contributed by atoms with Crippen molar-refractivity contribution in [3.8, 4) is 0 Å². The summed E-state index contributed by atoms with van der Waals surface area (Å²) in [4.78, 5) is 11.5. The second-order valence-corrected chi connectivity index (χ2v) is 3.30. The number of anilines is 2. The van der Waals surface area contributed by atoms with Crippen molar-refractivity contribution in [3.05, 3.63) is 24.3 Å². The monoisotopic (exact) mass is 224 g/mol. The molecule has 1 aromatic rings. The third-order valence-electron chi connectivity index (χ3n) is 2.34. The highest BCUT2D eigenvalue weighted by molar-refractivity contribution is 5.89. The molecule has 0 saturated heterocycles. The second kappa shape index (κ2) is 3.99. The maximum absolute atomic E-state index is 11.5. The minimum absolute atomic E-state index is 0.188. The average Bonchev–Trinajstić information content (AvgIpc) is 2.53. The first-order valence-electron chi connectivity index (χ1n) is 4.88. The molecular formula is C10H12N2O4. The lowest BCUT2D eigenvalue weighted by Gasteiger charge is -2.21. The van der Waals surface area contributed by atoms with E-state index in [1.54, 1.807) is 31.2 Å². The summed E-state index contributed by atoms with van der Waals surface area (Å²) < 4.78 is 4.76. The molecule has 1 aromatic carbocycles. The lowest BCUT2D eigenvalue weighted by atomic mass is 10.3. The van der Waals surface area contributed by atoms with Crippen LogP contribution in [0.5, 0.6) is 0 Å². The highest BCUT2D eigenvalue weighted by atomic mass is 16.6. The number of hydroxylamine groups is 2. The molecule has 0 amide bonds. The van der Waals surface area contributed by atoms with Crippen molar-refractivity contribution in [2.75, 3.05) is 16.7 Å². The fraction of sp³-hybridized carbons (Fsp3) is 0.300. The topological polar surface area (TPSA) is 73.2 Å². The van der Waals surface area contributed by atoms with Gasteiger partial charge in [-0.25, -0.2) is 14.9 Å². The fourth-order valence-corrected chi connectivity index (χ4v) is 1.64. The summed E-state index contributed by atoms with van der Waals surface area (Å²) in [5.74, 6) is -0.705. The van der Waals surface area contributed by atoms with Gasteiger partial charge in [-0.15, -0.1) is 0 Å². The van der Waals surface area contributed by atoms with Crippen LogP contribution in [0.2, 0.25) is 0 Å². The summed E-state index contributed by atoms with van der Waals surface area (Å²) in [5, 5.41) is 20.9. The van der Waals surface area contributed by atoms with Crippen molar-refractivity contribution in [3.63, 3.8) is 0 Å². The van der Waals surface area contributed by atoms with E-state index < -0.39 is 12.1 Å². The Hall–Kier alpha value is -1.79. The molecular weight excluding hydrogens is 212 g/mol. The van der Waals surface area contributed by atoms with E-state index in [4.69, 9.17) is 4.74 Å². The lowest BCUT2D eigenvalue weighted by molar-refractivity contribution is -0.147. The second-order valence-electron chi connectivity index (χ2n) is 3.30. The molecule has 0 unspecified atom stereocenters. The number of nitrogens with zero attached hydrogens (tertiary/aromatic N) is 2. The molecule has 0 atom stereocenters. The van der Waals surface area contributed by atoms with Crippen LogP contribution in [0.4, 0.5) is 11.4 Å². The number of benzene rings is 1. The van der Waals surface area contributed by atoms with Gasteiger partial charge >= 0.3 is 5.97 Å². The first kappa shape index (κ1) is 10.7. The molecule has 0 spiro atoms. The SMILES string of the molecule is CCOC(=O)C1N(O)c2ccccc2N1O. The predicted molar refractivity (Wildman–Crippen MR) is 55.4 cm³/mol. The number of carbonyl (C=O) groups is 1. The van der Waals surface area contributed by atoms with Crippen LogP contribution in [0.3, 0.4) is 0 Å². The summed E-state index contributed by atoms with van der Waals surface area (Å²) in [5.41, 5.74) is 0.728. The van der Waals surface area contributed by atoms with Gasteiger partial charge in [-0.2, -0.15) is 0 Å². The molecule has 0 saturated carbocycles. The van der Waals surface area contributed by atoms with E-state index in [1.807, 2.05) is 0 Å². The first-order valence-corrected chi connectivity index (χ1v) is 4.88. The van der Waals surface area contributed by atoms with E-state index in [1.165, 1.54) is 0 Å². The maximum atomic E-state index is 11.5. The van der Waals surface area contributed by atoms with Crippen molar-refractivity contribution in [1.29, 1.82) is 0 Å². The standard InChI is InChI=1S/C10H12N2O4/c1-2-16-10(13)9-11(14)7-5-3-4-6-8(7)12(9)15/h3-6,9,14-15H,2H2,1H3. The fourth-order valence-electron chi connectivity index (χ4n) is 1.64. The molecule has 1 aliphatic heterocycles. The number of hydrogen-bond donors (Lipinski definition) is 2. The van der Waals surface area contributed by atoms with Gasteiger partial charge < -0.3 is 4.74 Å². The van der Waals surface area contributed by atoms with Gasteiger partial charge in [0.1, 0.15) is 0 Å². The van der Waals surface area contributed by atoms with Crippen molar-refractivity contribution in [2.24, 2.45) is 0 Å². The van der Waals surface area contributed by atoms with E-state index in [2.05, 4.69) is 0 Å². The molecule has 0 fully saturated rings. The Balaban J connectivity index is 2.31. The summed E-state index contributed by atoms with van der Waals surface area (Å²) in [6.07, 6.45) is -1.24. The van der Waals surface area contributed by atoms with E-state index in [-0.39, 0.29) is 6.61 Å². The lowest BCUT2D eigenvalue weighted by Crippen LogP contribution is -2.47. The summed E-state index contributed by atoms with van der Waals surface area (Å²) in [7, 11) is 0. The van der Waals surface area contributed by atoms with Gasteiger partial charge in [-0.3, -0.25) is 10.4 Å². The van der Waals surface area contributed by atoms with Gasteiger partial charge in [-0.1, -0.05) is 12.1 Å². The van der Waals surface area contributed by atoms with E-state index >= 15 is 0 Å². The van der Waals surface area contributed by atoms with Crippen LogP contribution in [0.1, 0.15) is 6.92 Å². The quantitative estimate of drug-likeness (QED) is 0.729. The summed E-state index contributed by atoms with van der Waals surface area (Å²) >= 11 is 0. The normalized spacial score (nSPS) is 15.2. The summed E-state index contributed by atoms with van der Waals surface area (Å²) in [6.45, 7) is 1.84. The largest absolute Gasteiger partial charge is 0.463 e. The Labute approximate surface area is 92.2 Å². The zero-order chi connectivity index (χ0) is 11.7. The van der Waals surface area contributed by atoms with Crippen molar-refractivity contribution in [1.82, 2.24) is 0 Å². The molecule has 6 heteroatoms. The number of ether oxygens (including phenoxy) is 1. The van der Waals surface area contributed by atoms with Crippen LogP contribution in [-0.2, 0) is 9.53 Å². The predicted octanol–water partition coefficient (Wildman–Crippen LogP) is 0.981. The van der Waals surface area contributed by atoms with Crippen molar-refractivity contribution >= 4 is 17.3 Å². The number of esters is 1. The van der Waals surface area contributed by atoms with Crippen LogP contribution < -0.4 is 10.1 Å². The van der Waals surface area contributed by atoms with Gasteiger partial charge in [0.15, 0.2) is 0 Å². The van der Waals surface area contributed by atoms with Gasteiger partial charge in [0.25, 0.3) is 0 Å². The van der Waals surface area contributed by atoms with E-state index in [0.29, 0.717) is 21.5 Å². The van der Waals surface area contributed by atoms with Gasteiger partial charge in [0.2, 0.25) is 6.17 Å². The zero-order valence-corrected chi connectivity index (χ0v) is 8.70. The van der Waals surface area contributed by atoms with Gasteiger partial charge in [0.05, 0.1) is 18.0 Å². The molecule has 0 aliphatic carbocycles. The van der Waals surface area contributed by atoms with Gasteiger partial charge in [-0.05, 0) is 19.1 Å².